The molecule has 6 nitrogen and oxygen atoms in total. The van der Waals surface area contributed by atoms with E-state index in [1.54, 1.807) is 11.3 Å². The van der Waals surface area contributed by atoms with Crippen molar-refractivity contribution in [3.63, 3.8) is 0 Å². The van der Waals surface area contributed by atoms with Crippen molar-refractivity contribution in [1.82, 2.24) is 10.3 Å². The number of aromatic nitrogens is 1. The fraction of sp³-hybridized carbons (Fsp3) is 0.348. The number of nitrogens with one attached hydrogen (secondary N) is 1. The maximum absolute atomic E-state index is 12.8. The van der Waals surface area contributed by atoms with Crippen LogP contribution in [0.5, 0.6) is 0 Å². The van der Waals surface area contributed by atoms with Crippen LogP contribution in [0.2, 0.25) is 0 Å². The second kappa shape index (κ2) is 7.91. The number of thiazole rings is 1. The van der Waals surface area contributed by atoms with E-state index in [4.69, 9.17) is 9.72 Å². The predicted molar refractivity (Wildman–Crippen MR) is 118 cm³/mol. The molecule has 2 atom stereocenters. The molecule has 2 unspecified atom stereocenters. The highest BCUT2D eigenvalue weighted by Gasteiger charge is 2.39. The molecule has 1 aromatic heterocycles. The summed E-state index contributed by atoms with van der Waals surface area (Å²) in [5.41, 5.74) is 3.77. The van der Waals surface area contributed by atoms with Gasteiger partial charge in [-0.15, -0.1) is 11.3 Å². The van der Waals surface area contributed by atoms with Crippen molar-refractivity contribution >= 4 is 39.1 Å². The fourth-order valence-electron chi connectivity index (χ4n) is 4.05. The van der Waals surface area contributed by atoms with Crippen LogP contribution in [0, 0.1) is 6.92 Å². The zero-order valence-corrected chi connectivity index (χ0v) is 17.6. The summed E-state index contributed by atoms with van der Waals surface area (Å²) in [6.07, 6.45) is 2.37. The van der Waals surface area contributed by atoms with Gasteiger partial charge < -0.3 is 10.1 Å². The maximum atomic E-state index is 12.8. The van der Waals surface area contributed by atoms with Crippen LogP contribution in [-0.4, -0.2) is 42.1 Å². The molecule has 2 saturated heterocycles. The number of anilines is 1. The van der Waals surface area contributed by atoms with E-state index in [1.165, 1.54) is 10.5 Å². The van der Waals surface area contributed by atoms with Gasteiger partial charge in [-0.3, -0.25) is 9.59 Å². The molecule has 1 N–H and O–H groups in total. The molecule has 2 amide bonds. The highest BCUT2D eigenvalue weighted by molar-refractivity contribution is 7.21. The third-order valence-corrected chi connectivity index (χ3v) is 6.75. The molecule has 3 aromatic rings. The Labute approximate surface area is 178 Å². The summed E-state index contributed by atoms with van der Waals surface area (Å²) < 4.78 is 6.74. The van der Waals surface area contributed by atoms with E-state index in [9.17, 15) is 9.59 Å². The molecule has 30 heavy (non-hydrogen) atoms. The molecule has 0 spiro atoms. The summed E-state index contributed by atoms with van der Waals surface area (Å²) in [5, 5.41) is 4.14. The van der Waals surface area contributed by atoms with E-state index < -0.39 is 6.04 Å². The van der Waals surface area contributed by atoms with Crippen LogP contribution in [0.15, 0.2) is 42.5 Å². The molecule has 0 aliphatic carbocycles. The number of amides is 2. The molecular weight excluding hydrogens is 398 g/mol. The lowest BCUT2D eigenvalue weighted by Gasteiger charge is -2.17. The minimum absolute atomic E-state index is 0.138. The number of hydrogen-bond acceptors (Lipinski definition) is 6. The van der Waals surface area contributed by atoms with Crippen molar-refractivity contribution in [1.29, 1.82) is 0 Å². The van der Waals surface area contributed by atoms with Crippen LogP contribution in [0.1, 0.15) is 24.8 Å². The maximum Gasteiger partial charge on any atom is 0.251 e. The second-order valence-electron chi connectivity index (χ2n) is 7.90. The highest BCUT2D eigenvalue weighted by atomic mass is 32.1. The Kier molecular flexibility index (Phi) is 5.10. The average molecular weight is 422 g/mol. The van der Waals surface area contributed by atoms with Gasteiger partial charge in [0, 0.05) is 18.7 Å². The molecule has 7 heteroatoms. The van der Waals surface area contributed by atoms with Gasteiger partial charge in [-0.2, -0.15) is 0 Å². The van der Waals surface area contributed by atoms with Crippen LogP contribution in [0.4, 0.5) is 5.69 Å². The highest BCUT2D eigenvalue weighted by Crippen LogP contribution is 2.32. The average Bonchev–Trinajstić information content (AvgIpc) is 3.46. The van der Waals surface area contributed by atoms with Gasteiger partial charge in [-0.1, -0.05) is 6.07 Å². The van der Waals surface area contributed by atoms with Gasteiger partial charge in [0.25, 0.3) is 5.91 Å². The fourth-order valence-corrected chi connectivity index (χ4v) is 5.12. The zero-order chi connectivity index (χ0) is 20.7. The number of benzene rings is 2. The molecular formula is C23H23N3O3S. The molecule has 3 heterocycles. The monoisotopic (exact) mass is 421 g/mol. The van der Waals surface area contributed by atoms with Crippen molar-refractivity contribution < 1.29 is 14.3 Å². The third-order valence-electron chi connectivity index (χ3n) is 5.68. The van der Waals surface area contributed by atoms with E-state index in [1.807, 2.05) is 30.3 Å². The lowest BCUT2D eigenvalue weighted by atomic mass is 10.2. The Balaban J connectivity index is 1.31. The first-order valence-electron chi connectivity index (χ1n) is 10.3. The van der Waals surface area contributed by atoms with Gasteiger partial charge in [0.15, 0.2) is 0 Å². The van der Waals surface area contributed by atoms with Crippen LogP contribution in [0.3, 0.4) is 0 Å². The molecule has 2 aliphatic rings. The van der Waals surface area contributed by atoms with E-state index in [0.717, 1.165) is 40.2 Å². The third kappa shape index (κ3) is 3.64. The molecule has 2 aliphatic heterocycles. The minimum Gasteiger partial charge on any atom is -0.377 e. The van der Waals surface area contributed by atoms with E-state index in [-0.39, 0.29) is 24.3 Å². The Morgan fingerprint density at radius 2 is 2.03 bits per heavy atom. The number of imide groups is 1. The van der Waals surface area contributed by atoms with Crippen molar-refractivity contribution in [3.05, 3.63) is 48.0 Å². The summed E-state index contributed by atoms with van der Waals surface area (Å²) in [4.78, 5) is 31.3. The van der Waals surface area contributed by atoms with Crippen molar-refractivity contribution in [2.75, 3.05) is 18.1 Å². The van der Waals surface area contributed by atoms with Crippen LogP contribution >= 0.6 is 11.3 Å². The zero-order valence-electron chi connectivity index (χ0n) is 16.8. The second-order valence-corrected chi connectivity index (χ2v) is 8.94. The normalized spacial score (nSPS) is 21.8. The molecule has 2 fully saturated rings. The van der Waals surface area contributed by atoms with Crippen LogP contribution in [0.25, 0.3) is 20.8 Å². The molecule has 2 aromatic carbocycles. The minimum atomic E-state index is -0.478. The number of fused-ring (bicyclic) bond motifs is 1. The van der Waals surface area contributed by atoms with E-state index in [0.29, 0.717) is 12.2 Å². The Bertz CT molecular complexity index is 1100. The summed E-state index contributed by atoms with van der Waals surface area (Å²) in [6, 6.07) is 13.2. The molecule has 154 valence electrons. The summed E-state index contributed by atoms with van der Waals surface area (Å²) in [7, 11) is 0. The number of nitrogens with zero attached hydrogens (tertiary/aromatic N) is 2. The number of aryl methyl sites for hydroxylation is 1. The molecule has 5 rings (SSSR count). The van der Waals surface area contributed by atoms with Crippen molar-refractivity contribution in [3.8, 4) is 10.6 Å². The van der Waals surface area contributed by atoms with E-state index in [2.05, 4.69) is 24.4 Å². The van der Waals surface area contributed by atoms with Gasteiger partial charge in [0.2, 0.25) is 5.91 Å². The lowest BCUT2D eigenvalue weighted by Crippen LogP contribution is -2.41. The van der Waals surface area contributed by atoms with Crippen molar-refractivity contribution in [2.24, 2.45) is 0 Å². The largest absolute Gasteiger partial charge is 0.377 e. The van der Waals surface area contributed by atoms with E-state index >= 15 is 0 Å². The molecule has 0 radical (unpaired) electrons. The topological polar surface area (TPSA) is 71.5 Å². The first-order chi connectivity index (χ1) is 14.6. The number of hydrogen-bond donors (Lipinski definition) is 1. The van der Waals surface area contributed by atoms with Gasteiger partial charge >= 0.3 is 0 Å². The predicted octanol–water partition coefficient (Wildman–Crippen LogP) is 3.67. The summed E-state index contributed by atoms with van der Waals surface area (Å²) in [5.74, 6) is -0.366. The number of carbonyl (C=O) groups is 2. The summed E-state index contributed by atoms with van der Waals surface area (Å²) in [6.45, 7) is 3.45. The van der Waals surface area contributed by atoms with Crippen LogP contribution in [-0.2, 0) is 14.3 Å². The Morgan fingerprint density at radius 1 is 1.20 bits per heavy atom. The first-order valence-corrected chi connectivity index (χ1v) is 11.1. The lowest BCUT2D eigenvalue weighted by molar-refractivity contribution is -0.121. The SMILES string of the molecule is Cc1ccc2nc(-c3ccc(N4C(=O)CC(NCC5CCCO5)C4=O)cc3)sc2c1. The number of ether oxygens (including phenoxy) is 1. The van der Waals surface area contributed by atoms with Gasteiger partial charge in [-0.05, 0) is 61.7 Å². The quantitative estimate of drug-likeness (QED) is 0.637. The molecule has 0 saturated carbocycles. The number of carbonyl (C=O) groups excluding carboxylic acids is 2. The van der Waals surface area contributed by atoms with Gasteiger partial charge in [0.05, 0.1) is 34.5 Å². The van der Waals surface area contributed by atoms with Gasteiger partial charge in [0.1, 0.15) is 5.01 Å². The van der Waals surface area contributed by atoms with Crippen LogP contribution < -0.4 is 10.2 Å². The smallest absolute Gasteiger partial charge is 0.251 e. The summed E-state index contributed by atoms with van der Waals surface area (Å²) >= 11 is 1.64. The standard InChI is InChI=1S/C23H23N3O3S/c1-14-4-9-18-20(11-14)30-22(25-18)15-5-7-16(8-6-15)26-21(27)12-19(23(26)28)24-13-17-3-2-10-29-17/h4-9,11,17,19,24H,2-3,10,12-13H2,1H3. The van der Waals surface area contributed by atoms with Gasteiger partial charge in [-0.25, -0.2) is 9.88 Å². The first kappa shape index (κ1) is 19.4. The Hall–Kier alpha value is -2.61. The van der Waals surface area contributed by atoms with Crippen molar-refractivity contribution in [2.45, 2.75) is 38.3 Å². The molecule has 0 bridgehead atoms. The Morgan fingerprint density at radius 3 is 2.80 bits per heavy atom. The number of rotatable bonds is 5.